The number of unbranched alkanes of at least 4 members (excludes halogenated alkanes) is 3. The van der Waals surface area contributed by atoms with E-state index >= 15 is 0 Å². The third-order valence-corrected chi connectivity index (χ3v) is 3.90. The molecule has 0 aliphatic carbocycles. The molecule has 5 heteroatoms. The fraction of sp³-hybridized carbons (Fsp3) is 0.467. The van der Waals surface area contributed by atoms with Gasteiger partial charge in [-0.25, -0.2) is 4.79 Å². The van der Waals surface area contributed by atoms with E-state index < -0.39 is 5.97 Å². The van der Waals surface area contributed by atoms with Gasteiger partial charge in [0.25, 0.3) is 0 Å². The Morgan fingerprint density at radius 1 is 1.20 bits per heavy atom. The number of halogens is 1. The predicted octanol–water partition coefficient (Wildman–Crippen LogP) is 3.20. The number of carbonyl (C=O) groups excluding carboxylic acids is 2. The molecule has 0 aromatic heterocycles. The molecule has 0 heterocycles. The summed E-state index contributed by atoms with van der Waals surface area (Å²) in [5.41, 5.74) is 1.11. The Kier molecular flexibility index (Phi) is 7.76. The third kappa shape index (κ3) is 5.20. The topological polar surface area (TPSA) is 63.6 Å². The number of aliphatic hydroxyl groups excluding tert-OH is 1. The van der Waals surface area contributed by atoms with Crippen molar-refractivity contribution in [1.29, 1.82) is 0 Å². The van der Waals surface area contributed by atoms with Crippen molar-refractivity contribution in [1.82, 2.24) is 0 Å². The lowest BCUT2D eigenvalue weighted by Crippen LogP contribution is -2.06. The van der Waals surface area contributed by atoms with Gasteiger partial charge in [-0.1, -0.05) is 18.9 Å². The van der Waals surface area contributed by atoms with Crippen molar-refractivity contribution in [2.24, 2.45) is 0 Å². The second kappa shape index (κ2) is 9.07. The number of benzene rings is 1. The van der Waals surface area contributed by atoms with Crippen LogP contribution in [-0.4, -0.2) is 30.6 Å². The molecule has 110 valence electrons. The summed E-state index contributed by atoms with van der Waals surface area (Å²) in [5, 5.41) is 8.67. The Balaban J connectivity index is 2.57. The Morgan fingerprint density at radius 3 is 2.50 bits per heavy atom. The van der Waals surface area contributed by atoms with Crippen LogP contribution in [-0.2, 0) is 4.74 Å². The van der Waals surface area contributed by atoms with Crippen molar-refractivity contribution in [3.8, 4) is 0 Å². The normalized spacial score (nSPS) is 10.3. The van der Waals surface area contributed by atoms with Crippen LogP contribution in [0.15, 0.2) is 18.2 Å². The molecule has 4 nitrogen and oxygen atoms in total. The average molecular weight is 390 g/mol. The molecule has 0 aliphatic heterocycles. The number of methoxy groups -OCH3 is 1. The highest BCUT2D eigenvalue weighted by molar-refractivity contribution is 14.1. The lowest BCUT2D eigenvalue weighted by Gasteiger charge is -2.05. The molecular weight excluding hydrogens is 371 g/mol. The van der Waals surface area contributed by atoms with Gasteiger partial charge >= 0.3 is 5.97 Å². The van der Waals surface area contributed by atoms with E-state index in [0.717, 1.165) is 29.3 Å². The number of hydrogen-bond donors (Lipinski definition) is 1. The van der Waals surface area contributed by atoms with E-state index in [4.69, 9.17) is 5.11 Å². The molecule has 0 spiro atoms. The van der Waals surface area contributed by atoms with Crippen molar-refractivity contribution in [2.75, 3.05) is 13.7 Å². The van der Waals surface area contributed by atoms with E-state index in [1.54, 1.807) is 18.2 Å². The molecule has 0 atom stereocenters. The molecule has 0 bridgehead atoms. The standard InChI is InChI=1S/C15H19IO4/c1-20-15(19)12-8-7-11(10-13(12)16)14(18)6-4-2-3-5-9-17/h7-8,10,17H,2-6,9H2,1H3. The number of esters is 1. The third-order valence-electron chi connectivity index (χ3n) is 3.01. The average Bonchev–Trinajstić information content (AvgIpc) is 2.46. The summed E-state index contributed by atoms with van der Waals surface area (Å²) in [6.07, 6.45) is 4.01. The molecule has 20 heavy (non-hydrogen) atoms. The summed E-state index contributed by atoms with van der Waals surface area (Å²) >= 11 is 2.03. The highest BCUT2D eigenvalue weighted by Crippen LogP contribution is 2.17. The maximum atomic E-state index is 12.0. The van der Waals surface area contributed by atoms with Crippen LogP contribution < -0.4 is 0 Å². The first-order valence-corrected chi connectivity index (χ1v) is 7.70. The molecule has 1 rings (SSSR count). The first-order chi connectivity index (χ1) is 9.60. The monoisotopic (exact) mass is 390 g/mol. The first kappa shape index (κ1) is 17.1. The smallest absolute Gasteiger partial charge is 0.338 e. The summed E-state index contributed by atoms with van der Waals surface area (Å²) in [7, 11) is 1.34. The van der Waals surface area contributed by atoms with Gasteiger partial charge < -0.3 is 9.84 Å². The van der Waals surface area contributed by atoms with E-state index in [2.05, 4.69) is 4.74 Å². The van der Waals surface area contributed by atoms with Crippen LogP contribution in [0.2, 0.25) is 0 Å². The molecule has 0 unspecified atom stereocenters. The minimum atomic E-state index is -0.391. The SMILES string of the molecule is COC(=O)c1ccc(C(=O)CCCCCCO)cc1I. The largest absolute Gasteiger partial charge is 0.465 e. The lowest BCUT2D eigenvalue weighted by atomic mass is 10.0. The van der Waals surface area contributed by atoms with Crippen molar-refractivity contribution >= 4 is 34.3 Å². The number of Topliss-reactive ketones (excluding diaryl/α,β-unsaturated/α-hetero) is 1. The van der Waals surface area contributed by atoms with Crippen molar-refractivity contribution in [3.05, 3.63) is 32.9 Å². The summed E-state index contributed by atoms with van der Waals surface area (Å²) in [6, 6.07) is 5.03. The van der Waals surface area contributed by atoms with Gasteiger partial charge in [0, 0.05) is 22.2 Å². The number of ketones is 1. The summed E-state index contributed by atoms with van der Waals surface area (Å²) in [6.45, 7) is 0.209. The van der Waals surface area contributed by atoms with E-state index in [-0.39, 0.29) is 12.4 Å². The first-order valence-electron chi connectivity index (χ1n) is 6.62. The van der Waals surface area contributed by atoms with Crippen LogP contribution in [0.3, 0.4) is 0 Å². The van der Waals surface area contributed by atoms with Gasteiger partial charge in [0.15, 0.2) is 5.78 Å². The Bertz CT molecular complexity index is 471. The minimum absolute atomic E-state index is 0.0864. The highest BCUT2D eigenvalue weighted by atomic mass is 127. The van der Waals surface area contributed by atoms with E-state index in [9.17, 15) is 9.59 Å². The van der Waals surface area contributed by atoms with Gasteiger partial charge in [-0.2, -0.15) is 0 Å². The fourth-order valence-corrected chi connectivity index (χ4v) is 2.59. The number of ether oxygens (including phenoxy) is 1. The highest BCUT2D eigenvalue weighted by Gasteiger charge is 2.13. The van der Waals surface area contributed by atoms with Gasteiger partial charge in [-0.3, -0.25) is 4.79 Å². The van der Waals surface area contributed by atoms with Crippen molar-refractivity contribution in [2.45, 2.75) is 32.1 Å². The number of carbonyl (C=O) groups is 2. The molecule has 0 saturated heterocycles. The minimum Gasteiger partial charge on any atom is -0.465 e. The molecule has 0 radical (unpaired) electrons. The summed E-state index contributed by atoms with van der Waals surface area (Å²) in [5.74, 6) is -0.305. The number of rotatable bonds is 8. The molecule has 1 N–H and O–H groups in total. The van der Waals surface area contributed by atoms with Crippen molar-refractivity contribution in [3.63, 3.8) is 0 Å². The van der Waals surface area contributed by atoms with Gasteiger partial charge in [-0.05, 0) is 47.6 Å². The second-order valence-corrected chi connectivity index (χ2v) is 5.66. The van der Waals surface area contributed by atoms with Crippen LogP contribution in [0.1, 0.15) is 52.8 Å². The molecule has 0 saturated carbocycles. The zero-order chi connectivity index (χ0) is 15.0. The predicted molar refractivity (Wildman–Crippen MR) is 85.0 cm³/mol. The second-order valence-electron chi connectivity index (χ2n) is 4.50. The lowest BCUT2D eigenvalue weighted by molar-refractivity contribution is 0.0599. The summed E-state index contributed by atoms with van der Waals surface area (Å²) in [4.78, 5) is 23.5. The number of aliphatic hydroxyl groups is 1. The van der Waals surface area contributed by atoms with Gasteiger partial charge in [0.1, 0.15) is 0 Å². The maximum Gasteiger partial charge on any atom is 0.338 e. The molecule has 0 fully saturated rings. The fourth-order valence-electron chi connectivity index (χ4n) is 1.86. The Morgan fingerprint density at radius 2 is 1.90 bits per heavy atom. The maximum absolute atomic E-state index is 12.0. The van der Waals surface area contributed by atoms with Gasteiger partial charge in [0.2, 0.25) is 0 Å². The zero-order valence-electron chi connectivity index (χ0n) is 11.5. The van der Waals surface area contributed by atoms with Crippen LogP contribution >= 0.6 is 22.6 Å². The van der Waals surface area contributed by atoms with Crippen LogP contribution in [0.4, 0.5) is 0 Å². The molecule has 1 aromatic carbocycles. The number of hydrogen-bond acceptors (Lipinski definition) is 4. The molecule has 1 aromatic rings. The zero-order valence-corrected chi connectivity index (χ0v) is 13.7. The quantitative estimate of drug-likeness (QED) is 0.321. The van der Waals surface area contributed by atoms with Gasteiger partial charge in [0.05, 0.1) is 12.7 Å². The van der Waals surface area contributed by atoms with Crippen LogP contribution in [0.25, 0.3) is 0 Å². The van der Waals surface area contributed by atoms with E-state index in [0.29, 0.717) is 17.5 Å². The molecule has 0 aliphatic rings. The summed E-state index contributed by atoms with van der Waals surface area (Å²) < 4.78 is 5.39. The Hall–Kier alpha value is -0.950. The van der Waals surface area contributed by atoms with E-state index in [1.165, 1.54) is 7.11 Å². The van der Waals surface area contributed by atoms with Crippen molar-refractivity contribution < 1.29 is 19.4 Å². The van der Waals surface area contributed by atoms with Crippen LogP contribution in [0.5, 0.6) is 0 Å². The van der Waals surface area contributed by atoms with Crippen LogP contribution in [0, 0.1) is 3.57 Å². The Labute approximate surface area is 132 Å². The van der Waals surface area contributed by atoms with E-state index in [1.807, 2.05) is 22.6 Å². The molecular formula is C15H19IO4. The molecule has 0 amide bonds. The van der Waals surface area contributed by atoms with Gasteiger partial charge in [-0.15, -0.1) is 0 Å².